The zero-order valence-corrected chi connectivity index (χ0v) is 16.4. The molecule has 2 amide bonds. The molecule has 7 nitrogen and oxygen atoms in total. The number of ether oxygens (including phenoxy) is 3. The third-order valence-corrected chi connectivity index (χ3v) is 4.86. The highest BCUT2D eigenvalue weighted by atomic mass is 16.5. The largest absolute Gasteiger partial charge is 0.495 e. The van der Waals surface area contributed by atoms with Gasteiger partial charge in [-0.05, 0) is 49.6 Å². The van der Waals surface area contributed by atoms with Crippen molar-refractivity contribution in [3.63, 3.8) is 0 Å². The molecule has 7 heteroatoms. The molecule has 0 spiro atoms. The summed E-state index contributed by atoms with van der Waals surface area (Å²) in [5.74, 6) is 0.929. The minimum absolute atomic E-state index is 0.339. The van der Waals surface area contributed by atoms with Gasteiger partial charge in [-0.25, -0.2) is 0 Å². The number of carbonyl (C=O) groups excluding carboxylic acids is 2. The molecule has 0 aliphatic heterocycles. The van der Waals surface area contributed by atoms with Gasteiger partial charge in [0.1, 0.15) is 11.2 Å². The number of amides is 2. The molecule has 0 atom stereocenters. The van der Waals surface area contributed by atoms with Crippen molar-refractivity contribution in [3.05, 3.63) is 42.0 Å². The van der Waals surface area contributed by atoms with Crippen LogP contribution in [-0.2, 0) is 9.59 Å². The van der Waals surface area contributed by atoms with Crippen LogP contribution in [0.3, 0.4) is 0 Å². The van der Waals surface area contributed by atoms with Crippen molar-refractivity contribution in [2.75, 3.05) is 32.0 Å². The number of methoxy groups -OCH3 is 3. The summed E-state index contributed by atoms with van der Waals surface area (Å²) in [5.41, 5.74) is 0.991. The van der Waals surface area contributed by atoms with E-state index in [1.54, 1.807) is 31.4 Å². The number of benzene rings is 2. The molecule has 1 fully saturated rings. The van der Waals surface area contributed by atoms with Crippen LogP contribution in [0.1, 0.15) is 18.4 Å². The Morgan fingerprint density at radius 1 is 0.821 bits per heavy atom. The highest BCUT2D eigenvalue weighted by Gasteiger charge is 2.56. The van der Waals surface area contributed by atoms with Crippen molar-refractivity contribution in [2.45, 2.75) is 19.8 Å². The van der Waals surface area contributed by atoms with E-state index < -0.39 is 5.41 Å². The summed E-state index contributed by atoms with van der Waals surface area (Å²) in [5, 5.41) is 5.65. The normalized spacial score (nSPS) is 14.0. The van der Waals surface area contributed by atoms with E-state index in [0.717, 1.165) is 5.56 Å². The minimum Gasteiger partial charge on any atom is -0.495 e. The van der Waals surface area contributed by atoms with E-state index in [2.05, 4.69) is 10.6 Å². The summed E-state index contributed by atoms with van der Waals surface area (Å²) in [6.07, 6.45) is 0.984. The lowest BCUT2D eigenvalue weighted by molar-refractivity contribution is -0.131. The first kappa shape index (κ1) is 19.5. The average molecular weight is 384 g/mol. The van der Waals surface area contributed by atoms with Gasteiger partial charge in [0.05, 0.1) is 27.0 Å². The van der Waals surface area contributed by atoms with Crippen LogP contribution in [0.2, 0.25) is 0 Å². The molecule has 0 unspecified atom stereocenters. The molecule has 2 N–H and O–H groups in total. The predicted octanol–water partition coefficient (Wildman–Crippen LogP) is 3.38. The highest BCUT2D eigenvalue weighted by molar-refractivity contribution is 6.17. The van der Waals surface area contributed by atoms with Gasteiger partial charge in [-0.2, -0.15) is 0 Å². The molecule has 0 saturated heterocycles. The molecule has 1 saturated carbocycles. The summed E-state index contributed by atoms with van der Waals surface area (Å²) in [4.78, 5) is 25.7. The second-order valence-electron chi connectivity index (χ2n) is 6.76. The molecule has 1 aliphatic carbocycles. The molecule has 0 radical (unpaired) electrons. The molecule has 1 aliphatic rings. The summed E-state index contributed by atoms with van der Waals surface area (Å²) >= 11 is 0. The van der Waals surface area contributed by atoms with E-state index in [9.17, 15) is 9.59 Å². The number of hydrogen-bond acceptors (Lipinski definition) is 5. The maximum atomic E-state index is 12.9. The van der Waals surface area contributed by atoms with Gasteiger partial charge in [-0.3, -0.25) is 9.59 Å². The van der Waals surface area contributed by atoms with Gasteiger partial charge in [0, 0.05) is 11.8 Å². The number of aryl methyl sites for hydroxylation is 1. The predicted molar refractivity (Wildman–Crippen MR) is 106 cm³/mol. The van der Waals surface area contributed by atoms with Crippen LogP contribution >= 0.6 is 0 Å². The van der Waals surface area contributed by atoms with E-state index >= 15 is 0 Å². The number of hydrogen-bond donors (Lipinski definition) is 2. The Balaban J connectivity index is 1.75. The van der Waals surface area contributed by atoms with E-state index in [-0.39, 0.29) is 11.8 Å². The lowest BCUT2D eigenvalue weighted by Gasteiger charge is -2.18. The van der Waals surface area contributed by atoms with Crippen molar-refractivity contribution < 1.29 is 23.8 Å². The Morgan fingerprint density at radius 3 is 2.04 bits per heavy atom. The molecule has 2 aromatic carbocycles. The van der Waals surface area contributed by atoms with Crippen LogP contribution in [0.4, 0.5) is 11.4 Å². The van der Waals surface area contributed by atoms with E-state index in [4.69, 9.17) is 14.2 Å². The van der Waals surface area contributed by atoms with E-state index in [1.807, 2.05) is 19.1 Å². The summed E-state index contributed by atoms with van der Waals surface area (Å²) in [6, 6.07) is 10.6. The first-order chi connectivity index (χ1) is 13.4. The Labute approximate surface area is 164 Å². The van der Waals surface area contributed by atoms with Crippen LogP contribution < -0.4 is 24.8 Å². The third-order valence-electron chi connectivity index (χ3n) is 4.86. The van der Waals surface area contributed by atoms with E-state index in [0.29, 0.717) is 41.5 Å². The van der Waals surface area contributed by atoms with Gasteiger partial charge in [0.2, 0.25) is 11.8 Å². The fraction of sp³-hybridized carbons (Fsp3) is 0.333. The quantitative estimate of drug-likeness (QED) is 0.715. The Morgan fingerprint density at radius 2 is 1.43 bits per heavy atom. The van der Waals surface area contributed by atoms with Crippen molar-refractivity contribution in [1.29, 1.82) is 0 Å². The number of carbonyl (C=O) groups is 2. The third kappa shape index (κ3) is 3.74. The maximum Gasteiger partial charge on any atom is 0.240 e. The van der Waals surface area contributed by atoms with Gasteiger partial charge >= 0.3 is 0 Å². The van der Waals surface area contributed by atoms with Crippen LogP contribution in [0.5, 0.6) is 17.2 Å². The SMILES string of the molecule is COc1ccc(C)cc1NC(=O)C1(C(=O)Nc2ccc(OC)c(OC)c2)CC1. The molecule has 0 bridgehead atoms. The Bertz CT molecular complexity index is 906. The molecule has 0 heterocycles. The van der Waals surface area contributed by atoms with Crippen molar-refractivity contribution >= 4 is 23.2 Å². The van der Waals surface area contributed by atoms with Gasteiger partial charge in [0.15, 0.2) is 11.5 Å². The molecular weight excluding hydrogens is 360 g/mol. The van der Waals surface area contributed by atoms with Gasteiger partial charge in [-0.15, -0.1) is 0 Å². The standard InChI is InChI=1S/C21H24N2O5/c1-13-5-7-16(26-2)15(11-13)23-20(25)21(9-10-21)19(24)22-14-6-8-17(27-3)18(12-14)28-4/h5-8,11-12H,9-10H2,1-4H3,(H,22,24)(H,23,25). The van der Waals surface area contributed by atoms with Crippen molar-refractivity contribution in [1.82, 2.24) is 0 Å². The lowest BCUT2D eigenvalue weighted by Crippen LogP contribution is -2.35. The molecular formula is C21H24N2O5. The van der Waals surface area contributed by atoms with Gasteiger partial charge in [-0.1, -0.05) is 6.07 Å². The van der Waals surface area contributed by atoms with Crippen molar-refractivity contribution in [2.24, 2.45) is 5.41 Å². The zero-order valence-electron chi connectivity index (χ0n) is 16.4. The number of anilines is 2. The molecule has 28 heavy (non-hydrogen) atoms. The topological polar surface area (TPSA) is 85.9 Å². The second kappa shape index (κ2) is 7.80. The molecule has 0 aromatic heterocycles. The number of rotatable bonds is 7. The minimum atomic E-state index is -1.08. The van der Waals surface area contributed by atoms with Crippen LogP contribution in [-0.4, -0.2) is 33.1 Å². The second-order valence-corrected chi connectivity index (χ2v) is 6.76. The summed E-state index contributed by atoms with van der Waals surface area (Å²) < 4.78 is 15.7. The average Bonchev–Trinajstić information content (AvgIpc) is 3.50. The smallest absolute Gasteiger partial charge is 0.240 e. The fourth-order valence-corrected chi connectivity index (χ4v) is 3.01. The monoisotopic (exact) mass is 384 g/mol. The Kier molecular flexibility index (Phi) is 5.44. The fourth-order valence-electron chi connectivity index (χ4n) is 3.01. The lowest BCUT2D eigenvalue weighted by atomic mass is 10.0. The van der Waals surface area contributed by atoms with Crippen LogP contribution in [0, 0.1) is 12.3 Å². The molecule has 3 rings (SSSR count). The van der Waals surface area contributed by atoms with Gasteiger partial charge in [0.25, 0.3) is 0 Å². The molecule has 148 valence electrons. The number of nitrogens with one attached hydrogen (secondary N) is 2. The first-order valence-corrected chi connectivity index (χ1v) is 8.93. The highest BCUT2D eigenvalue weighted by Crippen LogP contribution is 2.48. The van der Waals surface area contributed by atoms with Crippen LogP contribution in [0.25, 0.3) is 0 Å². The summed E-state index contributed by atoms with van der Waals surface area (Å²) in [6.45, 7) is 1.92. The summed E-state index contributed by atoms with van der Waals surface area (Å²) in [7, 11) is 4.60. The van der Waals surface area contributed by atoms with Crippen molar-refractivity contribution in [3.8, 4) is 17.2 Å². The van der Waals surface area contributed by atoms with Gasteiger partial charge < -0.3 is 24.8 Å². The van der Waals surface area contributed by atoms with Crippen LogP contribution in [0.15, 0.2) is 36.4 Å². The molecule has 2 aromatic rings. The maximum absolute atomic E-state index is 12.9. The first-order valence-electron chi connectivity index (χ1n) is 8.93. The Hall–Kier alpha value is -3.22. The van der Waals surface area contributed by atoms with E-state index in [1.165, 1.54) is 14.2 Å². The zero-order chi connectivity index (χ0) is 20.3.